The summed E-state index contributed by atoms with van der Waals surface area (Å²) in [6.45, 7) is 0. The average Bonchev–Trinajstić information content (AvgIpc) is 1.27. The normalized spacial score (nSPS) is 7.78. The van der Waals surface area contributed by atoms with Crippen LogP contribution in [-0.4, -0.2) is 14.9 Å². The zero-order valence-electron chi connectivity index (χ0n) is 3.97. The van der Waals surface area contributed by atoms with Gasteiger partial charge in [-0.3, -0.25) is 0 Å². The van der Waals surface area contributed by atoms with Crippen molar-refractivity contribution in [3.63, 3.8) is 0 Å². The zero-order valence-corrected chi connectivity index (χ0v) is 7.94. The summed E-state index contributed by atoms with van der Waals surface area (Å²) < 4.78 is 58.9. The van der Waals surface area contributed by atoms with E-state index >= 15 is 0 Å². The topological polar surface area (TPSA) is 31.5 Å². The molecule has 0 saturated heterocycles. The number of rotatable bonds is 0. The van der Waals surface area contributed by atoms with Gasteiger partial charge in [0.1, 0.15) is 0 Å². The van der Waals surface area contributed by atoms with E-state index in [1.807, 2.05) is 0 Å². The van der Waals surface area contributed by atoms with E-state index in [0.29, 0.717) is 0 Å². The predicted molar refractivity (Wildman–Crippen MR) is 16.0 cm³/mol. The molecule has 1 nitrogen and oxygen atoms in total. The second-order valence-electron chi connectivity index (χ2n) is 0.530. The maximum absolute atomic E-state index is 9.83. The van der Waals surface area contributed by atoms with Crippen molar-refractivity contribution in [2.24, 2.45) is 0 Å². The van der Waals surface area contributed by atoms with Gasteiger partial charge in [-0.1, -0.05) is 0 Å². The summed E-state index contributed by atoms with van der Waals surface area (Å²) >= 11 is -2.88. The molecule has 9 heteroatoms. The van der Waals surface area contributed by atoms with Crippen LogP contribution in [0.25, 0.3) is 0 Å². The Balaban J connectivity index is -0.0000000800. The molecule has 0 atom stereocenters. The van der Waals surface area contributed by atoms with Crippen molar-refractivity contribution >= 4 is 9.41 Å². The minimum absolute atomic E-state index is 0. The molecule has 2 N–H and O–H groups in total. The van der Waals surface area contributed by atoms with E-state index in [1.165, 1.54) is 0 Å². The second kappa shape index (κ2) is 8.38. The Morgan fingerprint density at radius 2 is 0.889 bits per heavy atom. The molecule has 0 heterocycles. The fraction of sp³-hybridized carbons (Fsp3) is 0. The van der Waals surface area contributed by atoms with Crippen molar-refractivity contribution in [3.05, 3.63) is 0 Å². The van der Waals surface area contributed by atoms with E-state index in [9.17, 15) is 23.1 Å². The van der Waals surface area contributed by atoms with E-state index in [2.05, 4.69) is 0 Å². The first kappa shape index (κ1) is 16.2. The average molecular weight is 225 g/mol. The molecule has 0 rings (SSSR count). The van der Waals surface area contributed by atoms with Crippen LogP contribution in [0.3, 0.4) is 0 Å². The molecule has 0 bridgehead atoms. The summed E-state index contributed by atoms with van der Waals surface area (Å²) in [5, 5.41) is 0. The molecule has 0 saturated carbocycles. The standard InChI is InChI=1S/F4Si.2FH.H2O.Zn/c1-5(2,3)4;;;;/h;2*1H;1H2;/q;;;;+2/p-2. The number of halogens is 6. The molecule has 0 spiro atoms. The van der Waals surface area contributed by atoms with Gasteiger partial charge in [0.05, 0.1) is 0 Å². The van der Waals surface area contributed by atoms with Crippen LogP contribution in [0.2, 0.25) is 0 Å². The van der Waals surface area contributed by atoms with Gasteiger partial charge in [-0.2, -0.15) is 0 Å². The molecular weight excluding hydrogens is 223 g/mol. The SMILES string of the molecule is F[Si](F)(F)F.O.[F][Zn][F]. The van der Waals surface area contributed by atoms with Gasteiger partial charge < -0.3 is 5.48 Å². The van der Waals surface area contributed by atoms with E-state index in [4.69, 9.17) is 0 Å². The predicted octanol–water partition coefficient (Wildman–Crippen LogP) is 1.31. The number of hydrogen-bond donors (Lipinski definition) is 0. The van der Waals surface area contributed by atoms with Crippen LogP contribution >= 0.6 is 0 Å². The monoisotopic (exact) mass is 224 g/mol. The van der Waals surface area contributed by atoms with Crippen molar-refractivity contribution in [3.8, 4) is 0 Å². The van der Waals surface area contributed by atoms with E-state index in [0.717, 1.165) is 0 Å². The first-order valence-electron chi connectivity index (χ1n) is 1.29. The molecule has 0 aromatic carbocycles. The van der Waals surface area contributed by atoms with Gasteiger partial charge in [0.2, 0.25) is 0 Å². The third-order valence-electron chi connectivity index (χ3n) is 0. The van der Waals surface area contributed by atoms with Crippen molar-refractivity contribution in [1.82, 2.24) is 0 Å². The molecule has 0 unspecified atom stereocenters. The van der Waals surface area contributed by atoms with Crippen molar-refractivity contribution < 1.29 is 46.7 Å². The molecule has 0 aliphatic rings. The summed E-state index contributed by atoms with van der Waals surface area (Å²) in [6.07, 6.45) is 0. The van der Waals surface area contributed by atoms with Gasteiger partial charge >= 0.3 is 34.2 Å². The van der Waals surface area contributed by atoms with Gasteiger partial charge in [-0.25, -0.2) is 16.4 Å². The first-order valence-corrected chi connectivity index (χ1v) is 5.05. The molecular formula is H2F6OSiZn. The molecule has 0 radical (unpaired) electrons. The Bertz CT molecular complexity index is 36.8. The fourth-order valence-corrected chi connectivity index (χ4v) is 0. The van der Waals surface area contributed by atoms with Crippen molar-refractivity contribution in [2.45, 2.75) is 0 Å². The van der Waals surface area contributed by atoms with Crippen LogP contribution in [0.15, 0.2) is 0 Å². The van der Waals surface area contributed by atoms with Crippen LogP contribution in [-0.2, 0) is 18.1 Å². The van der Waals surface area contributed by atoms with Gasteiger partial charge in [0.15, 0.2) is 0 Å². The Hall–Kier alpha value is 0.380. The van der Waals surface area contributed by atoms with Crippen molar-refractivity contribution in [1.29, 1.82) is 0 Å². The Labute approximate surface area is 56.8 Å². The Kier molecular flexibility index (Phi) is 15.1. The summed E-state index contributed by atoms with van der Waals surface area (Å²) in [6, 6.07) is 0. The molecule has 0 aromatic heterocycles. The quantitative estimate of drug-likeness (QED) is 0.338. The van der Waals surface area contributed by atoms with Crippen LogP contribution in [0.1, 0.15) is 0 Å². The molecule has 0 amide bonds. The Morgan fingerprint density at radius 1 is 0.889 bits per heavy atom. The summed E-state index contributed by atoms with van der Waals surface area (Å²) in [5.41, 5.74) is 0. The first-order chi connectivity index (χ1) is 3.41. The fourth-order valence-electron chi connectivity index (χ4n) is 0. The van der Waals surface area contributed by atoms with Crippen LogP contribution in [0, 0.1) is 0 Å². The maximum atomic E-state index is 9.83. The third-order valence-corrected chi connectivity index (χ3v) is 0. The number of hydrogen-bond acceptors (Lipinski definition) is 0. The molecule has 0 aromatic rings. The Morgan fingerprint density at radius 3 is 0.889 bits per heavy atom. The van der Waals surface area contributed by atoms with E-state index in [-0.39, 0.29) is 5.48 Å². The van der Waals surface area contributed by atoms with E-state index in [1.54, 1.807) is 0 Å². The summed E-state index contributed by atoms with van der Waals surface area (Å²) in [7, 11) is -6.61. The summed E-state index contributed by atoms with van der Waals surface area (Å²) in [4.78, 5) is 0. The minimum atomic E-state index is -6.61. The molecule has 0 aliphatic carbocycles. The third kappa shape index (κ3) is 2360. The van der Waals surface area contributed by atoms with Gasteiger partial charge in [0, 0.05) is 0 Å². The molecule has 9 heavy (non-hydrogen) atoms. The molecule has 56 valence electrons. The van der Waals surface area contributed by atoms with Gasteiger partial charge in [0.25, 0.3) is 0 Å². The van der Waals surface area contributed by atoms with Gasteiger partial charge in [-0.15, -0.1) is 0 Å². The van der Waals surface area contributed by atoms with Gasteiger partial charge in [-0.05, 0) is 0 Å². The van der Waals surface area contributed by atoms with Crippen LogP contribution < -0.4 is 0 Å². The van der Waals surface area contributed by atoms with Crippen LogP contribution in [0.4, 0.5) is 23.1 Å². The summed E-state index contributed by atoms with van der Waals surface area (Å²) in [5.74, 6) is 0. The van der Waals surface area contributed by atoms with Crippen LogP contribution in [0.5, 0.6) is 0 Å². The van der Waals surface area contributed by atoms with E-state index < -0.39 is 27.5 Å². The second-order valence-corrected chi connectivity index (χ2v) is 1.81. The molecule has 0 fully saturated rings. The van der Waals surface area contributed by atoms with Crippen molar-refractivity contribution in [2.75, 3.05) is 0 Å². The molecule has 0 aliphatic heterocycles. The zero-order chi connectivity index (χ0) is 7.21.